The number of amides is 2. The van der Waals surface area contributed by atoms with Gasteiger partial charge in [0, 0.05) is 35.4 Å². The number of ether oxygens (including phenoxy) is 1. The van der Waals surface area contributed by atoms with Crippen LogP contribution in [0, 0.1) is 0 Å². The fourth-order valence-electron chi connectivity index (χ4n) is 4.52. The lowest BCUT2D eigenvalue weighted by Crippen LogP contribution is -2.51. The molecule has 0 bridgehead atoms. The number of anilines is 1. The van der Waals surface area contributed by atoms with E-state index in [-0.39, 0.29) is 23.9 Å². The molecule has 0 heterocycles. The summed E-state index contributed by atoms with van der Waals surface area (Å²) >= 11 is 0. The average molecular weight is 458 g/mol. The lowest BCUT2D eigenvalue weighted by Gasteiger charge is -2.38. The van der Waals surface area contributed by atoms with Crippen LogP contribution in [0.4, 0.5) is 5.69 Å². The van der Waals surface area contributed by atoms with E-state index in [2.05, 4.69) is 5.32 Å². The Hall–Kier alpha value is -3.64. The number of nitrogens with two attached hydrogens (primary N) is 1. The number of nitrogens with zero attached hydrogens (tertiary/aromatic N) is 1. The molecule has 1 aliphatic carbocycles. The van der Waals surface area contributed by atoms with E-state index in [4.69, 9.17) is 10.5 Å². The molecule has 0 saturated heterocycles. The van der Waals surface area contributed by atoms with Gasteiger partial charge in [-0.3, -0.25) is 9.59 Å². The Morgan fingerprint density at radius 3 is 2.44 bits per heavy atom. The summed E-state index contributed by atoms with van der Waals surface area (Å²) < 4.78 is 5.22. The molecule has 1 saturated carbocycles. The summed E-state index contributed by atoms with van der Waals surface area (Å²) in [5.41, 5.74) is 9.25. The van der Waals surface area contributed by atoms with Crippen LogP contribution in [0.25, 0.3) is 0 Å². The van der Waals surface area contributed by atoms with Crippen molar-refractivity contribution in [1.29, 1.82) is 0 Å². The first-order chi connectivity index (χ1) is 16.5. The van der Waals surface area contributed by atoms with E-state index in [0.29, 0.717) is 29.1 Å². The van der Waals surface area contributed by atoms with Crippen LogP contribution in [0.3, 0.4) is 0 Å². The fraction of sp³-hybridized carbons (Fsp3) is 0.286. The van der Waals surface area contributed by atoms with Gasteiger partial charge in [-0.25, -0.2) is 0 Å². The number of carbonyl (C=O) groups is 2. The number of carbonyl (C=O) groups excluding carboxylic acids is 2. The van der Waals surface area contributed by atoms with Crippen molar-refractivity contribution in [3.63, 3.8) is 0 Å². The molecule has 3 N–H and O–H groups in total. The molecule has 34 heavy (non-hydrogen) atoms. The molecule has 6 nitrogen and oxygen atoms in total. The maximum absolute atomic E-state index is 13.5. The highest BCUT2D eigenvalue weighted by Gasteiger charge is 2.31. The van der Waals surface area contributed by atoms with Crippen LogP contribution in [0.1, 0.15) is 52.0 Å². The van der Waals surface area contributed by atoms with Crippen molar-refractivity contribution in [3.8, 4) is 5.75 Å². The zero-order valence-corrected chi connectivity index (χ0v) is 19.4. The molecule has 2 atom stereocenters. The lowest BCUT2D eigenvalue weighted by molar-refractivity contribution is 0.0583. The Kier molecular flexibility index (Phi) is 7.60. The minimum atomic E-state index is -0.220. The largest absolute Gasteiger partial charge is 0.497 e. The van der Waals surface area contributed by atoms with Crippen molar-refractivity contribution in [2.24, 2.45) is 5.73 Å². The van der Waals surface area contributed by atoms with Crippen LogP contribution < -0.4 is 15.8 Å². The van der Waals surface area contributed by atoms with Crippen molar-refractivity contribution in [1.82, 2.24) is 4.90 Å². The first-order valence-electron chi connectivity index (χ1n) is 11.7. The van der Waals surface area contributed by atoms with E-state index in [0.717, 1.165) is 31.2 Å². The summed E-state index contributed by atoms with van der Waals surface area (Å²) in [5.74, 6) is 0.386. The SMILES string of the molecule is COc1cccc(C(=O)Nc2cccc(CN(C(=O)c3ccccc3)C3CCCCC3N)c2)c1. The molecule has 0 aromatic heterocycles. The zero-order valence-electron chi connectivity index (χ0n) is 19.4. The van der Waals surface area contributed by atoms with Crippen molar-refractivity contribution in [2.75, 3.05) is 12.4 Å². The highest BCUT2D eigenvalue weighted by Crippen LogP contribution is 2.26. The fourth-order valence-corrected chi connectivity index (χ4v) is 4.52. The van der Waals surface area contributed by atoms with Gasteiger partial charge >= 0.3 is 0 Å². The first kappa shape index (κ1) is 23.5. The Morgan fingerprint density at radius 1 is 0.941 bits per heavy atom. The second-order valence-electron chi connectivity index (χ2n) is 8.70. The molecule has 6 heteroatoms. The normalized spacial score (nSPS) is 17.6. The van der Waals surface area contributed by atoms with Gasteiger partial charge in [-0.2, -0.15) is 0 Å². The van der Waals surface area contributed by atoms with Crippen LogP contribution >= 0.6 is 0 Å². The smallest absolute Gasteiger partial charge is 0.255 e. The maximum atomic E-state index is 13.5. The summed E-state index contributed by atoms with van der Waals surface area (Å²) in [6.45, 7) is 0.426. The summed E-state index contributed by atoms with van der Waals surface area (Å²) in [6.07, 6.45) is 3.97. The molecule has 0 aliphatic heterocycles. The van der Waals surface area contributed by atoms with E-state index >= 15 is 0 Å². The molecular weight excluding hydrogens is 426 g/mol. The Balaban J connectivity index is 1.55. The van der Waals surface area contributed by atoms with E-state index in [9.17, 15) is 9.59 Å². The molecule has 176 valence electrons. The molecule has 1 aliphatic rings. The third kappa shape index (κ3) is 5.64. The number of nitrogens with one attached hydrogen (secondary N) is 1. The van der Waals surface area contributed by atoms with Gasteiger partial charge in [-0.15, -0.1) is 0 Å². The standard InChI is InChI=1S/C28H31N3O3/c1-34-24-14-8-12-22(18-24)27(32)30-23-13-7-9-20(17-23)19-31(26-16-6-5-15-25(26)29)28(33)21-10-3-2-4-11-21/h2-4,7-14,17-18,25-26H,5-6,15-16,19,29H2,1H3,(H,30,32). The molecule has 2 amide bonds. The number of rotatable bonds is 7. The van der Waals surface area contributed by atoms with Crippen molar-refractivity contribution < 1.29 is 14.3 Å². The first-order valence-corrected chi connectivity index (χ1v) is 11.7. The number of methoxy groups -OCH3 is 1. The molecular formula is C28H31N3O3. The Labute approximate surface area is 200 Å². The maximum Gasteiger partial charge on any atom is 0.255 e. The van der Waals surface area contributed by atoms with Gasteiger partial charge in [-0.1, -0.05) is 49.2 Å². The molecule has 0 radical (unpaired) electrons. The van der Waals surface area contributed by atoms with Gasteiger partial charge in [-0.05, 0) is 60.9 Å². The minimum Gasteiger partial charge on any atom is -0.497 e. The van der Waals surface area contributed by atoms with E-state index in [1.54, 1.807) is 31.4 Å². The molecule has 0 spiro atoms. The van der Waals surface area contributed by atoms with Crippen molar-refractivity contribution >= 4 is 17.5 Å². The number of hydrogen-bond acceptors (Lipinski definition) is 4. The third-order valence-corrected chi connectivity index (χ3v) is 6.33. The predicted octanol–water partition coefficient (Wildman–Crippen LogP) is 4.86. The van der Waals surface area contributed by atoms with Crippen LogP contribution in [-0.2, 0) is 6.54 Å². The predicted molar refractivity (Wildman–Crippen MR) is 134 cm³/mol. The van der Waals surface area contributed by atoms with Crippen LogP contribution in [0.5, 0.6) is 5.75 Å². The second-order valence-corrected chi connectivity index (χ2v) is 8.70. The number of hydrogen-bond donors (Lipinski definition) is 2. The molecule has 3 aromatic carbocycles. The van der Waals surface area contributed by atoms with Crippen molar-refractivity contribution in [3.05, 3.63) is 95.6 Å². The highest BCUT2D eigenvalue weighted by atomic mass is 16.5. The Morgan fingerprint density at radius 2 is 1.68 bits per heavy atom. The molecule has 4 rings (SSSR count). The van der Waals surface area contributed by atoms with Gasteiger partial charge in [0.15, 0.2) is 0 Å². The van der Waals surface area contributed by atoms with Gasteiger partial charge in [0.1, 0.15) is 5.75 Å². The molecule has 2 unspecified atom stereocenters. The van der Waals surface area contributed by atoms with E-state index in [1.165, 1.54) is 0 Å². The summed E-state index contributed by atoms with van der Waals surface area (Å²) in [6, 6.07) is 23.9. The topological polar surface area (TPSA) is 84.7 Å². The highest BCUT2D eigenvalue weighted by molar-refractivity contribution is 6.04. The van der Waals surface area contributed by atoms with Gasteiger partial charge in [0.05, 0.1) is 7.11 Å². The van der Waals surface area contributed by atoms with Gasteiger partial charge in [0.25, 0.3) is 11.8 Å². The van der Waals surface area contributed by atoms with Crippen LogP contribution in [-0.4, -0.2) is 35.9 Å². The molecule has 3 aromatic rings. The summed E-state index contributed by atoms with van der Waals surface area (Å²) in [7, 11) is 1.57. The van der Waals surface area contributed by atoms with E-state index < -0.39 is 0 Å². The number of benzene rings is 3. The van der Waals surface area contributed by atoms with Crippen molar-refractivity contribution in [2.45, 2.75) is 44.3 Å². The quantitative estimate of drug-likeness (QED) is 0.531. The summed E-state index contributed by atoms with van der Waals surface area (Å²) in [4.78, 5) is 28.1. The van der Waals surface area contributed by atoms with Gasteiger partial charge < -0.3 is 20.7 Å². The van der Waals surface area contributed by atoms with Crippen LogP contribution in [0.2, 0.25) is 0 Å². The summed E-state index contributed by atoms with van der Waals surface area (Å²) in [5, 5.41) is 2.95. The third-order valence-electron chi connectivity index (χ3n) is 6.33. The van der Waals surface area contributed by atoms with Crippen LogP contribution in [0.15, 0.2) is 78.9 Å². The molecule has 1 fully saturated rings. The van der Waals surface area contributed by atoms with E-state index in [1.807, 2.05) is 59.5 Å². The lowest BCUT2D eigenvalue weighted by atomic mass is 9.89. The minimum absolute atomic E-state index is 0.0171. The second kappa shape index (κ2) is 11.0. The van der Waals surface area contributed by atoms with Gasteiger partial charge in [0.2, 0.25) is 0 Å². The Bertz CT molecular complexity index is 1130. The average Bonchev–Trinajstić information content (AvgIpc) is 2.88. The zero-order chi connectivity index (χ0) is 23.9. The monoisotopic (exact) mass is 457 g/mol.